The summed E-state index contributed by atoms with van der Waals surface area (Å²) in [5, 5.41) is 11.7. The molecule has 39 heavy (non-hydrogen) atoms. The molecule has 210 valence electrons. The Hall–Kier alpha value is -4.61. The number of ether oxygens (including phenoxy) is 3. The number of carbonyl (C=O) groups excluding carboxylic acids is 3. The highest BCUT2D eigenvalue weighted by Gasteiger charge is 2.29. The second-order valence-corrected chi connectivity index (χ2v) is 9.33. The second-order valence-electron chi connectivity index (χ2n) is 9.33. The third kappa shape index (κ3) is 11.5. The molecule has 0 aromatic heterocycles. The van der Waals surface area contributed by atoms with E-state index >= 15 is 0 Å². The van der Waals surface area contributed by atoms with E-state index in [0.717, 1.165) is 0 Å². The molecule has 2 rings (SSSR count). The summed E-state index contributed by atoms with van der Waals surface area (Å²) >= 11 is 0. The number of nitrogens with zero attached hydrogens (tertiary/aromatic N) is 2. The van der Waals surface area contributed by atoms with E-state index in [4.69, 9.17) is 19.9 Å². The molecule has 0 unspecified atom stereocenters. The van der Waals surface area contributed by atoms with Gasteiger partial charge in [0, 0.05) is 6.54 Å². The van der Waals surface area contributed by atoms with Crippen LogP contribution in [-0.4, -0.2) is 58.4 Å². The summed E-state index contributed by atoms with van der Waals surface area (Å²) in [6.07, 6.45) is -2.91. The van der Waals surface area contributed by atoms with Gasteiger partial charge in [-0.25, -0.2) is 19.2 Å². The van der Waals surface area contributed by atoms with Gasteiger partial charge in [-0.1, -0.05) is 60.7 Å². The van der Waals surface area contributed by atoms with Gasteiger partial charge in [0.2, 0.25) is 5.96 Å². The fraction of sp³-hybridized carbons (Fsp3) is 0.370. The van der Waals surface area contributed by atoms with Crippen molar-refractivity contribution in [3.8, 4) is 0 Å². The van der Waals surface area contributed by atoms with Gasteiger partial charge in [-0.05, 0) is 44.7 Å². The van der Waals surface area contributed by atoms with Crippen LogP contribution in [0.2, 0.25) is 0 Å². The van der Waals surface area contributed by atoms with Crippen molar-refractivity contribution >= 4 is 30.2 Å². The van der Waals surface area contributed by atoms with Crippen molar-refractivity contribution in [1.29, 1.82) is 0 Å². The maximum absolute atomic E-state index is 12.8. The average Bonchev–Trinajstić information content (AvgIpc) is 2.88. The number of nitrogens with two attached hydrogens (primary N) is 1. The molecule has 0 spiro atoms. The molecule has 0 saturated heterocycles. The van der Waals surface area contributed by atoms with Crippen LogP contribution in [0.5, 0.6) is 0 Å². The van der Waals surface area contributed by atoms with Crippen LogP contribution in [0.4, 0.5) is 14.4 Å². The number of guanidine groups is 1. The molecule has 0 saturated carbocycles. The van der Waals surface area contributed by atoms with Crippen molar-refractivity contribution in [3.05, 3.63) is 71.8 Å². The van der Waals surface area contributed by atoms with Crippen LogP contribution in [0.3, 0.4) is 0 Å². The number of carbonyl (C=O) groups is 4. The minimum atomic E-state index is -1.26. The maximum atomic E-state index is 12.8. The Balaban J connectivity index is 2.03. The quantitative estimate of drug-likeness (QED) is 0.173. The third-order valence-corrected chi connectivity index (χ3v) is 4.92. The SMILES string of the molecule is CC(C)(C)OC(=O)N[C@@H](CCCN=C(N)N(C(=O)OCc1ccccc1)C(=O)OCc1ccccc1)C(=O)O. The summed E-state index contributed by atoms with van der Waals surface area (Å²) in [5.41, 5.74) is 6.54. The topological polar surface area (TPSA) is 170 Å². The predicted molar refractivity (Wildman–Crippen MR) is 142 cm³/mol. The Morgan fingerprint density at radius 3 is 1.85 bits per heavy atom. The first-order valence-electron chi connectivity index (χ1n) is 12.2. The summed E-state index contributed by atoms with van der Waals surface area (Å²) < 4.78 is 15.5. The molecule has 0 radical (unpaired) electrons. The molecule has 2 aromatic rings. The van der Waals surface area contributed by atoms with Gasteiger partial charge in [-0.3, -0.25) is 4.99 Å². The van der Waals surface area contributed by atoms with Crippen molar-refractivity contribution in [2.75, 3.05) is 6.54 Å². The number of hydrogen-bond donors (Lipinski definition) is 3. The highest BCUT2D eigenvalue weighted by atomic mass is 16.6. The minimum absolute atomic E-state index is 0.0116. The summed E-state index contributed by atoms with van der Waals surface area (Å²) in [7, 11) is 0. The molecule has 1 atom stereocenters. The van der Waals surface area contributed by atoms with Gasteiger partial charge >= 0.3 is 24.2 Å². The first-order chi connectivity index (χ1) is 18.5. The van der Waals surface area contributed by atoms with Crippen molar-refractivity contribution in [2.45, 2.75) is 58.5 Å². The highest BCUT2D eigenvalue weighted by molar-refractivity contribution is 6.07. The molecular formula is C27H34N4O8. The molecule has 12 nitrogen and oxygen atoms in total. The standard InChI is InChI=1S/C27H34N4O8/c1-27(2,3)39-24(34)30-21(22(32)33)15-10-16-29-23(28)31(25(35)37-17-19-11-6-4-7-12-19)26(36)38-18-20-13-8-5-9-14-20/h4-9,11-14,21H,10,15-18H2,1-3H3,(H2,28,29)(H,30,34)(H,32,33)/t21-/m0/s1. The Kier molecular flexibility index (Phi) is 11.7. The Labute approximate surface area is 226 Å². The molecule has 3 amide bonds. The first-order valence-corrected chi connectivity index (χ1v) is 12.2. The van der Waals surface area contributed by atoms with E-state index in [2.05, 4.69) is 10.3 Å². The van der Waals surface area contributed by atoms with Crippen molar-refractivity contribution in [1.82, 2.24) is 10.2 Å². The van der Waals surface area contributed by atoms with E-state index in [-0.39, 0.29) is 32.6 Å². The number of alkyl carbamates (subject to hydrolysis) is 1. The molecule has 0 aliphatic rings. The molecule has 12 heteroatoms. The number of aliphatic imine (C=N–C) groups is 1. The van der Waals surface area contributed by atoms with E-state index < -0.39 is 41.9 Å². The molecule has 0 heterocycles. The van der Waals surface area contributed by atoms with Crippen molar-refractivity contribution in [3.63, 3.8) is 0 Å². The zero-order valence-corrected chi connectivity index (χ0v) is 22.2. The molecule has 0 fully saturated rings. The summed E-state index contributed by atoms with van der Waals surface area (Å²) in [6.45, 7) is 4.67. The third-order valence-electron chi connectivity index (χ3n) is 4.92. The average molecular weight is 543 g/mol. The highest BCUT2D eigenvalue weighted by Crippen LogP contribution is 2.10. The van der Waals surface area contributed by atoms with Crippen LogP contribution in [0.25, 0.3) is 0 Å². The van der Waals surface area contributed by atoms with Crippen LogP contribution in [0.1, 0.15) is 44.7 Å². The molecule has 0 aliphatic carbocycles. The van der Waals surface area contributed by atoms with Crippen LogP contribution < -0.4 is 11.1 Å². The van der Waals surface area contributed by atoms with Gasteiger partial charge < -0.3 is 30.4 Å². The van der Waals surface area contributed by atoms with Gasteiger partial charge in [0.1, 0.15) is 24.9 Å². The van der Waals surface area contributed by atoms with Gasteiger partial charge in [0.05, 0.1) is 0 Å². The Bertz CT molecular complexity index is 1080. The summed E-state index contributed by atoms with van der Waals surface area (Å²) in [5.74, 6) is -1.74. The lowest BCUT2D eigenvalue weighted by atomic mass is 10.1. The zero-order chi connectivity index (χ0) is 28.8. The van der Waals surface area contributed by atoms with Crippen LogP contribution in [-0.2, 0) is 32.2 Å². The number of benzene rings is 2. The molecule has 4 N–H and O–H groups in total. The predicted octanol–water partition coefficient (Wildman–Crippen LogP) is 4.03. The lowest BCUT2D eigenvalue weighted by Gasteiger charge is -2.22. The van der Waals surface area contributed by atoms with E-state index in [1.807, 2.05) is 0 Å². The molecule has 2 aromatic carbocycles. The lowest BCUT2D eigenvalue weighted by molar-refractivity contribution is -0.139. The van der Waals surface area contributed by atoms with Crippen LogP contribution in [0.15, 0.2) is 65.7 Å². The normalized spacial score (nSPS) is 12.1. The number of rotatable bonds is 10. The van der Waals surface area contributed by atoms with Crippen molar-refractivity contribution in [2.24, 2.45) is 10.7 Å². The number of carboxylic acid groups (broad SMARTS) is 1. The van der Waals surface area contributed by atoms with Crippen LogP contribution in [0, 0.1) is 0 Å². The Morgan fingerprint density at radius 1 is 0.923 bits per heavy atom. The van der Waals surface area contributed by atoms with E-state index in [1.54, 1.807) is 81.4 Å². The van der Waals surface area contributed by atoms with Gasteiger partial charge in [-0.15, -0.1) is 4.90 Å². The number of carboxylic acids is 1. The number of aliphatic carboxylic acids is 1. The molecule has 0 bridgehead atoms. The largest absolute Gasteiger partial charge is 0.480 e. The number of hydrogen-bond acceptors (Lipinski definition) is 8. The van der Waals surface area contributed by atoms with Gasteiger partial charge in [0.15, 0.2) is 0 Å². The van der Waals surface area contributed by atoms with E-state index in [1.165, 1.54) is 0 Å². The van der Waals surface area contributed by atoms with E-state index in [0.29, 0.717) is 16.0 Å². The summed E-state index contributed by atoms with van der Waals surface area (Å²) in [6, 6.07) is 16.4. The van der Waals surface area contributed by atoms with Gasteiger partial charge in [0.25, 0.3) is 0 Å². The minimum Gasteiger partial charge on any atom is -0.480 e. The Morgan fingerprint density at radius 2 is 1.41 bits per heavy atom. The molecular weight excluding hydrogens is 508 g/mol. The first kappa shape index (κ1) is 30.6. The number of imide groups is 1. The summed E-state index contributed by atoms with van der Waals surface area (Å²) in [4.78, 5) is 53.5. The number of nitrogens with one attached hydrogen (secondary N) is 1. The fourth-order valence-electron chi connectivity index (χ4n) is 3.10. The number of amides is 3. The molecule has 0 aliphatic heterocycles. The van der Waals surface area contributed by atoms with Crippen molar-refractivity contribution < 1.29 is 38.5 Å². The second kappa shape index (κ2) is 15.0. The smallest absolute Gasteiger partial charge is 0.426 e. The lowest BCUT2D eigenvalue weighted by Crippen LogP contribution is -2.46. The monoisotopic (exact) mass is 542 g/mol. The van der Waals surface area contributed by atoms with Gasteiger partial charge in [-0.2, -0.15) is 0 Å². The van der Waals surface area contributed by atoms with Crippen LogP contribution >= 0.6 is 0 Å². The van der Waals surface area contributed by atoms with E-state index in [9.17, 15) is 24.3 Å². The fourth-order valence-corrected chi connectivity index (χ4v) is 3.10. The maximum Gasteiger partial charge on any atom is 0.426 e. The zero-order valence-electron chi connectivity index (χ0n) is 22.2.